The van der Waals surface area contributed by atoms with E-state index < -0.39 is 19.5 Å². The molecule has 2 aromatic heterocycles. The number of anilines is 1. The van der Waals surface area contributed by atoms with Crippen molar-refractivity contribution < 1.29 is 28.3 Å². The van der Waals surface area contributed by atoms with Crippen LogP contribution in [0, 0.1) is 0 Å². The van der Waals surface area contributed by atoms with Crippen LogP contribution in [0.25, 0.3) is 11.2 Å². The van der Waals surface area contributed by atoms with Gasteiger partial charge in [-0.3, -0.25) is 0 Å². The van der Waals surface area contributed by atoms with Crippen LogP contribution in [-0.4, -0.2) is 71.8 Å². The molecule has 0 radical (unpaired) electrons. The van der Waals surface area contributed by atoms with Gasteiger partial charge >= 0.3 is 5.97 Å². The number of methoxy groups -OCH3 is 2. The van der Waals surface area contributed by atoms with Gasteiger partial charge in [-0.05, 0) is 12.5 Å². The van der Waals surface area contributed by atoms with Gasteiger partial charge in [-0.15, -0.1) is 0 Å². The SMILES string of the molecule is C=P(COCCn1cnc2c(OC)nc(N)nc21)(N[C@@H](OC)C(=O)OCC)OCc1ccccc1. The number of nitrogens with zero attached hydrogens (tertiary/aromatic N) is 4. The van der Waals surface area contributed by atoms with E-state index in [4.69, 9.17) is 29.2 Å². The molecule has 1 unspecified atom stereocenters. The van der Waals surface area contributed by atoms with Gasteiger partial charge in [0.1, 0.15) is 6.35 Å². The number of imidazole rings is 1. The monoisotopic (exact) mass is 506 g/mol. The highest BCUT2D eigenvalue weighted by Gasteiger charge is 2.27. The maximum absolute atomic E-state index is 12.3. The molecule has 0 aliphatic rings. The lowest BCUT2D eigenvalue weighted by Gasteiger charge is -2.29. The zero-order valence-electron chi connectivity index (χ0n) is 20.0. The van der Waals surface area contributed by atoms with Crippen molar-refractivity contribution in [3.8, 4) is 5.88 Å². The van der Waals surface area contributed by atoms with Crippen LogP contribution in [0.15, 0.2) is 36.7 Å². The number of nitrogens with two attached hydrogens (primary N) is 1. The lowest BCUT2D eigenvalue weighted by molar-refractivity contribution is -0.155. The molecule has 0 aliphatic carbocycles. The highest BCUT2D eigenvalue weighted by Crippen LogP contribution is 2.43. The minimum atomic E-state index is -2.70. The Bertz CT molecular complexity index is 1160. The van der Waals surface area contributed by atoms with E-state index in [1.807, 2.05) is 30.3 Å². The van der Waals surface area contributed by atoms with Gasteiger partial charge in [0.25, 0.3) is 0 Å². The third kappa shape index (κ3) is 7.23. The minimum Gasteiger partial charge on any atom is -0.479 e. The molecule has 13 heteroatoms. The summed E-state index contributed by atoms with van der Waals surface area (Å²) in [5.41, 5.74) is 7.78. The maximum Gasteiger partial charge on any atom is 0.350 e. The molecular weight excluding hydrogens is 475 g/mol. The Morgan fingerprint density at radius 2 is 2.03 bits per heavy atom. The number of fused-ring (bicyclic) bond motifs is 1. The number of carbonyl (C=O) groups excluding carboxylic acids is 1. The molecule has 0 aliphatic heterocycles. The third-order valence-electron chi connectivity index (χ3n) is 4.83. The second-order valence-electron chi connectivity index (χ2n) is 7.38. The van der Waals surface area contributed by atoms with Crippen molar-refractivity contribution in [3.63, 3.8) is 0 Å². The lowest BCUT2D eigenvalue weighted by Crippen LogP contribution is -2.39. The molecule has 3 rings (SSSR count). The molecule has 3 N–H and O–H groups in total. The first-order valence-corrected chi connectivity index (χ1v) is 12.9. The Morgan fingerprint density at radius 3 is 2.71 bits per heavy atom. The van der Waals surface area contributed by atoms with E-state index in [0.29, 0.717) is 30.2 Å². The van der Waals surface area contributed by atoms with Gasteiger partial charge in [-0.2, -0.15) is 9.97 Å². The Kier molecular flexibility index (Phi) is 9.58. The molecule has 0 saturated heterocycles. The highest BCUT2D eigenvalue weighted by atomic mass is 31.2. The molecule has 1 aromatic carbocycles. The topological polar surface area (TPSA) is 145 Å². The van der Waals surface area contributed by atoms with E-state index in [-0.39, 0.29) is 25.5 Å². The average molecular weight is 507 g/mol. The Morgan fingerprint density at radius 1 is 1.26 bits per heavy atom. The predicted octanol–water partition coefficient (Wildman–Crippen LogP) is 2.01. The zero-order valence-corrected chi connectivity index (χ0v) is 20.9. The first-order valence-electron chi connectivity index (χ1n) is 10.9. The number of hydrogen-bond donors (Lipinski definition) is 2. The van der Waals surface area contributed by atoms with Crippen LogP contribution in [0.2, 0.25) is 0 Å². The van der Waals surface area contributed by atoms with Gasteiger partial charge in [-0.25, -0.2) is 14.9 Å². The molecule has 0 fully saturated rings. The van der Waals surface area contributed by atoms with Crippen LogP contribution in [0.4, 0.5) is 5.95 Å². The van der Waals surface area contributed by atoms with Crippen molar-refractivity contribution >= 4 is 36.6 Å². The fraction of sp³-hybridized carbons (Fsp3) is 0.409. The summed E-state index contributed by atoms with van der Waals surface area (Å²) in [5, 5.41) is 3.06. The summed E-state index contributed by atoms with van der Waals surface area (Å²) < 4.78 is 29.4. The molecule has 12 nitrogen and oxygen atoms in total. The fourth-order valence-electron chi connectivity index (χ4n) is 3.13. The van der Waals surface area contributed by atoms with Gasteiger partial charge in [-0.1, -0.05) is 36.6 Å². The van der Waals surface area contributed by atoms with Crippen molar-refractivity contribution in [2.75, 3.05) is 39.5 Å². The van der Waals surface area contributed by atoms with Gasteiger partial charge in [0.2, 0.25) is 18.1 Å². The Hall–Kier alpha value is -3.02. The number of rotatable bonds is 14. The largest absolute Gasteiger partial charge is 0.479 e. The van der Waals surface area contributed by atoms with E-state index in [1.165, 1.54) is 14.2 Å². The van der Waals surface area contributed by atoms with Crippen molar-refractivity contribution in [3.05, 3.63) is 42.2 Å². The zero-order chi connectivity index (χ0) is 25.3. The number of carbonyl (C=O) groups is 1. The summed E-state index contributed by atoms with van der Waals surface area (Å²) in [4.78, 5) is 24.8. The number of esters is 1. The van der Waals surface area contributed by atoms with Gasteiger partial charge < -0.3 is 33.8 Å². The third-order valence-corrected chi connectivity index (χ3v) is 6.76. The summed E-state index contributed by atoms with van der Waals surface area (Å²) in [6, 6.07) is 9.64. The number of hydrogen-bond acceptors (Lipinski definition) is 11. The summed E-state index contributed by atoms with van der Waals surface area (Å²) in [6.07, 6.45) is 4.92. The first kappa shape index (κ1) is 26.6. The van der Waals surface area contributed by atoms with E-state index in [0.717, 1.165) is 5.56 Å². The molecular formula is C22H31N6O6P. The lowest BCUT2D eigenvalue weighted by atomic mass is 10.2. The van der Waals surface area contributed by atoms with Crippen molar-refractivity contribution in [1.82, 2.24) is 24.6 Å². The van der Waals surface area contributed by atoms with E-state index in [9.17, 15) is 4.79 Å². The normalized spacial score (nSPS) is 13.9. The molecule has 35 heavy (non-hydrogen) atoms. The molecule has 0 saturated carbocycles. The molecule has 2 atom stereocenters. The molecule has 0 spiro atoms. The smallest absolute Gasteiger partial charge is 0.350 e. The summed E-state index contributed by atoms with van der Waals surface area (Å²) in [7, 11) is 0.200. The second-order valence-corrected chi connectivity index (χ2v) is 9.94. The standard InChI is InChI=1S/C22H31N6O6P/c1-5-33-21(29)20(31-3)27-35(4,34-13-16-9-7-6-8-10-16)15-32-12-11-28-14-24-17-18(28)25-22(23)26-19(17)30-2/h6-10,14,20,27H,4-5,11-13,15H2,1-3H3,(H2,23,25,26)/t20-,35?/m0/s1. The van der Waals surface area contributed by atoms with E-state index in [2.05, 4.69) is 26.3 Å². The van der Waals surface area contributed by atoms with E-state index in [1.54, 1.807) is 17.8 Å². The van der Waals surface area contributed by atoms with Gasteiger partial charge in [0.05, 0.1) is 40.5 Å². The van der Waals surface area contributed by atoms with E-state index >= 15 is 0 Å². The van der Waals surface area contributed by atoms with Crippen LogP contribution < -0.4 is 15.6 Å². The summed E-state index contributed by atoms with van der Waals surface area (Å²) >= 11 is 0. The van der Waals surface area contributed by atoms with Crippen LogP contribution in [-0.2, 0) is 36.7 Å². The number of nitrogen functional groups attached to an aromatic ring is 1. The van der Waals surface area contributed by atoms with Crippen molar-refractivity contribution in [1.29, 1.82) is 0 Å². The Balaban J connectivity index is 1.66. The van der Waals surface area contributed by atoms with Gasteiger partial charge in [0.15, 0.2) is 11.2 Å². The minimum absolute atomic E-state index is 0.0859. The maximum atomic E-state index is 12.3. The van der Waals surface area contributed by atoms with Crippen LogP contribution >= 0.6 is 7.26 Å². The summed E-state index contributed by atoms with van der Waals surface area (Å²) in [5.74, 6) is -0.164. The molecule has 0 bridgehead atoms. The van der Waals surface area contributed by atoms with Crippen LogP contribution in [0.1, 0.15) is 12.5 Å². The van der Waals surface area contributed by atoms with Crippen LogP contribution in [0.5, 0.6) is 5.88 Å². The fourth-order valence-corrected chi connectivity index (χ4v) is 4.81. The quantitative estimate of drug-likeness (QED) is 0.143. The van der Waals surface area contributed by atoms with Crippen LogP contribution in [0.3, 0.4) is 0 Å². The number of nitrogens with one attached hydrogen (secondary N) is 1. The first-order chi connectivity index (χ1) is 16.9. The molecule has 0 amide bonds. The number of benzene rings is 1. The molecule has 3 aromatic rings. The number of aromatic nitrogens is 4. The number of ether oxygens (including phenoxy) is 4. The average Bonchev–Trinajstić information content (AvgIpc) is 3.27. The molecule has 2 heterocycles. The predicted molar refractivity (Wildman–Crippen MR) is 133 cm³/mol. The van der Waals surface area contributed by atoms with Crippen molar-refractivity contribution in [2.24, 2.45) is 0 Å². The highest BCUT2D eigenvalue weighted by molar-refractivity contribution is 7.67. The summed E-state index contributed by atoms with van der Waals surface area (Å²) in [6.45, 7) is 2.96. The molecule has 190 valence electrons. The Labute approximate surface area is 203 Å². The second kappa shape index (κ2) is 12.6. The van der Waals surface area contributed by atoms with Gasteiger partial charge in [0, 0.05) is 13.7 Å². The van der Waals surface area contributed by atoms with Crippen molar-refractivity contribution in [2.45, 2.75) is 26.3 Å².